The number of rotatable bonds is 2. The highest BCUT2D eigenvalue weighted by Gasteiger charge is 1.95. The van der Waals surface area contributed by atoms with Crippen LogP contribution in [0.25, 0.3) is 23.2 Å². The first-order valence-corrected chi connectivity index (χ1v) is 5.58. The lowest BCUT2D eigenvalue weighted by molar-refractivity contribution is 1.32. The number of fused-ring (bicyclic) bond motifs is 1. The second kappa shape index (κ2) is 4.26. The number of nitrogens with one attached hydrogen (secondary N) is 1. The predicted octanol–water partition coefficient (Wildman–Crippen LogP) is 3.73. The molecule has 3 aromatic rings. The average molecular weight is 220 g/mol. The van der Waals surface area contributed by atoms with Crippen LogP contribution in [0.15, 0.2) is 54.9 Å². The number of hydrogen-bond donors (Lipinski definition) is 1. The second-order valence-electron chi connectivity index (χ2n) is 3.93. The van der Waals surface area contributed by atoms with Gasteiger partial charge in [0.25, 0.3) is 0 Å². The van der Waals surface area contributed by atoms with Gasteiger partial charge in [0.05, 0.1) is 0 Å². The Morgan fingerprint density at radius 3 is 2.65 bits per heavy atom. The van der Waals surface area contributed by atoms with Crippen molar-refractivity contribution in [3.05, 3.63) is 66.0 Å². The Bertz CT molecular complexity index is 651. The fraction of sp³-hybridized carbons (Fsp3) is 0. The van der Waals surface area contributed by atoms with Crippen molar-refractivity contribution in [2.45, 2.75) is 0 Å². The fourth-order valence-corrected chi connectivity index (χ4v) is 1.80. The van der Waals surface area contributed by atoms with Gasteiger partial charge < -0.3 is 4.98 Å². The highest BCUT2D eigenvalue weighted by atomic mass is 14.8. The third kappa shape index (κ3) is 2.11. The maximum Gasteiger partial charge on any atom is 0.137 e. The Balaban J connectivity index is 1.92. The van der Waals surface area contributed by atoms with E-state index in [1.54, 1.807) is 0 Å². The molecular weight excluding hydrogens is 208 g/mol. The zero-order valence-corrected chi connectivity index (χ0v) is 9.30. The number of aromatic nitrogens is 2. The van der Waals surface area contributed by atoms with Crippen LogP contribution in [-0.2, 0) is 0 Å². The van der Waals surface area contributed by atoms with Gasteiger partial charge in [-0.25, -0.2) is 4.98 Å². The molecule has 17 heavy (non-hydrogen) atoms. The summed E-state index contributed by atoms with van der Waals surface area (Å²) in [5.74, 6) is 0. The number of H-pyrrole nitrogens is 1. The van der Waals surface area contributed by atoms with Gasteiger partial charge in [-0.15, -0.1) is 0 Å². The van der Waals surface area contributed by atoms with E-state index < -0.39 is 0 Å². The topological polar surface area (TPSA) is 28.7 Å². The van der Waals surface area contributed by atoms with Gasteiger partial charge in [-0.2, -0.15) is 0 Å². The van der Waals surface area contributed by atoms with Crippen molar-refractivity contribution in [3.8, 4) is 0 Å². The Morgan fingerprint density at radius 1 is 0.941 bits per heavy atom. The first-order valence-electron chi connectivity index (χ1n) is 5.58. The SMILES string of the molecule is C(=C\c1cnc2[nH]ccc2c1)/c1ccccc1. The van der Waals surface area contributed by atoms with Crippen LogP contribution in [-0.4, -0.2) is 9.97 Å². The van der Waals surface area contributed by atoms with Crippen LogP contribution in [0.4, 0.5) is 0 Å². The molecule has 0 bridgehead atoms. The van der Waals surface area contributed by atoms with E-state index in [0.717, 1.165) is 16.6 Å². The summed E-state index contributed by atoms with van der Waals surface area (Å²) in [6.45, 7) is 0. The van der Waals surface area contributed by atoms with Gasteiger partial charge in [0, 0.05) is 17.8 Å². The molecule has 0 aliphatic carbocycles. The highest BCUT2D eigenvalue weighted by molar-refractivity contribution is 5.80. The summed E-state index contributed by atoms with van der Waals surface area (Å²) in [4.78, 5) is 7.43. The molecule has 2 heteroatoms. The van der Waals surface area contributed by atoms with Crippen molar-refractivity contribution in [1.82, 2.24) is 9.97 Å². The van der Waals surface area contributed by atoms with Crippen molar-refractivity contribution in [1.29, 1.82) is 0 Å². The molecule has 0 atom stereocenters. The minimum absolute atomic E-state index is 0.932. The summed E-state index contributed by atoms with van der Waals surface area (Å²) in [6.07, 6.45) is 7.95. The normalized spacial score (nSPS) is 11.3. The lowest BCUT2D eigenvalue weighted by Gasteiger charge is -1.94. The maximum atomic E-state index is 4.35. The molecule has 3 rings (SSSR count). The number of aromatic amines is 1. The molecule has 2 nitrogen and oxygen atoms in total. The lowest BCUT2D eigenvalue weighted by atomic mass is 10.1. The molecule has 0 saturated carbocycles. The van der Waals surface area contributed by atoms with Crippen LogP contribution >= 0.6 is 0 Å². The number of hydrogen-bond acceptors (Lipinski definition) is 1. The van der Waals surface area contributed by atoms with E-state index in [1.165, 1.54) is 5.56 Å². The van der Waals surface area contributed by atoms with Crippen LogP contribution in [0.3, 0.4) is 0 Å². The fourth-order valence-electron chi connectivity index (χ4n) is 1.80. The minimum Gasteiger partial charge on any atom is -0.346 e. The molecular formula is C15H12N2. The van der Waals surface area contributed by atoms with Crippen molar-refractivity contribution < 1.29 is 0 Å². The van der Waals surface area contributed by atoms with Gasteiger partial charge in [-0.1, -0.05) is 42.5 Å². The van der Waals surface area contributed by atoms with E-state index in [2.05, 4.69) is 40.3 Å². The zero-order chi connectivity index (χ0) is 11.5. The first kappa shape index (κ1) is 9.85. The molecule has 0 amide bonds. The number of benzene rings is 1. The van der Waals surface area contributed by atoms with E-state index in [9.17, 15) is 0 Å². The molecule has 2 aromatic heterocycles. The van der Waals surface area contributed by atoms with Gasteiger partial charge >= 0.3 is 0 Å². The van der Waals surface area contributed by atoms with Gasteiger partial charge in [-0.05, 0) is 23.3 Å². The summed E-state index contributed by atoms with van der Waals surface area (Å²) in [7, 11) is 0. The van der Waals surface area contributed by atoms with Crippen LogP contribution in [0.2, 0.25) is 0 Å². The number of nitrogens with zero attached hydrogens (tertiary/aromatic N) is 1. The van der Waals surface area contributed by atoms with Crippen molar-refractivity contribution in [2.75, 3.05) is 0 Å². The van der Waals surface area contributed by atoms with E-state index in [4.69, 9.17) is 0 Å². The quantitative estimate of drug-likeness (QED) is 0.700. The lowest BCUT2D eigenvalue weighted by Crippen LogP contribution is -1.78. The summed E-state index contributed by atoms with van der Waals surface area (Å²) in [5, 5.41) is 1.14. The smallest absolute Gasteiger partial charge is 0.137 e. The van der Waals surface area contributed by atoms with Crippen LogP contribution < -0.4 is 0 Å². The largest absolute Gasteiger partial charge is 0.346 e. The third-order valence-corrected chi connectivity index (χ3v) is 2.69. The molecule has 1 aromatic carbocycles. The van der Waals surface area contributed by atoms with Crippen LogP contribution in [0.5, 0.6) is 0 Å². The number of pyridine rings is 1. The maximum absolute atomic E-state index is 4.35. The van der Waals surface area contributed by atoms with E-state index >= 15 is 0 Å². The molecule has 0 aliphatic heterocycles. The second-order valence-corrected chi connectivity index (χ2v) is 3.93. The Kier molecular flexibility index (Phi) is 2.47. The summed E-state index contributed by atoms with van der Waals surface area (Å²) >= 11 is 0. The monoisotopic (exact) mass is 220 g/mol. The van der Waals surface area contributed by atoms with Crippen molar-refractivity contribution in [3.63, 3.8) is 0 Å². The molecule has 0 aliphatic rings. The zero-order valence-electron chi connectivity index (χ0n) is 9.30. The first-order chi connectivity index (χ1) is 8.42. The molecule has 2 heterocycles. The molecule has 82 valence electrons. The van der Waals surface area contributed by atoms with E-state index in [0.29, 0.717) is 0 Å². The Labute approximate surface area is 99.6 Å². The van der Waals surface area contributed by atoms with Crippen molar-refractivity contribution >= 4 is 23.2 Å². The highest BCUT2D eigenvalue weighted by Crippen LogP contribution is 2.13. The van der Waals surface area contributed by atoms with Gasteiger partial charge in [0.15, 0.2) is 0 Å². The Hall–Kier alpha value is -2.35. The summed E-state index contributed by atoms with van der Waals surface area (Å²) in [6, 6.07) is 14.4. The van der Waals surface area contributed by atoms with E-state index in [-0.39, 0.29) is 0 Å². The minimum atomic E-state index is 0.932. The molecule has 0 saturated heterocycles. The Morgan fingerprint density at radius 2 is 1.76 bits per heavy atom. The standard InChI is InChI=1S/C15H12N2/c1-2-4-12(5-3-1)6-7-13-10-14-8-9-16-15(14)17-11-13/h1-11H,(H,16,17)/b7-6+. The van der Waals surface area contributed by atoms with E-state index in [1.807, 2.05) is 36.7 Å². The predicted molar refractivity (Wildman–Crippen MR) is 71.5 cm³/mol. The van der Waals surface area contributed by atoms with Gasteiger partial charge in [0.2, 0.25) is 0 Å². The molecule has 0 unspecified atom stereocenters. The molecule has 0 fully saturated rings. The summed E-state index contributed by atoms with van der Waals surface area (Å²) in [5.41, 5.74) is 3.24. The molecule has 0 spiro atoms. The van der Waals surface area contributed by atoms with Crippen molar-refractivity contribution in [2.24, 2.45) is 0 Å². The van der Waals surface area contributed by atoms with Crippen LogP contribution in [0, 0.1) is 0 Å². The molecule has 1 N–H and O–H groups in total. The van der Waals surface area contributed by atoms with Crippen LogP contribution in [0.1, 0.15) is 11.1 Å². The third-order valence-electron chi connectivity index (χ3n) is 2.69. The summed E-state index contributed by atoms with van der Waals surface area (Å²) < 4.78 is 0. The molecule has 0 radical (unpaired) electrons. The van der Waals surface area contributed by atoms with Gasteiger partial charge in [-0.3, -0.25) is 0 Å². The average Bonchev–Trinajstić information content (AvgIpc) is 2.85. The van der Waals surface area contributed by atoms with Gasteiger partial charge in [0.1, 0.15) is 5.65 Å².